The molecule has 72 valence electrons. The van der Waals surface area contributed by atoms with E-state index >= 15 is 0 Å². The van der Waals surface area contributed by atoms with E-state index in [0.717, 1.165) is 12.1 Å². The lowest BCUT2D eigenvalue weighted by Crippen LogP contribution is -2.22. The van der Waals surface area contributed by atoms with Gasteiger partial charge in [-0.15, -0.1) is 11.6 Å². The first-order chi connectivity index (χ1) is 6.19. The maximum Gasteiger partial charge on any atom is 0.242 e. The first-order valence-electron chi connectivity index (χ1n) is 4.07. The molecule has 0 aliphatic rings. The molecule has 5 heteroatoms. The Balaban J connectivity index is 2.76. The quantitative estimate of drug-likeness (QED) is 0.740. The highest BCUT2D eigenvalue weighted by Crippen LogP contribution is 2.19. The number of aryl methyl sites for hydroxylation is 1. The Hall–Kier alpha value is -1.03. The van der Waals surface area contributed by atoms with Crippen LogP contribution in [-0.4, -0.2) is 22.7 Å². The second-order valence-electron chi connectivity index (χ2n) is 2.61. The number of rotatable bonds is 3. The van der Waals surface area contributed by atoms with Crippen molar-refractivity contribution in [2.75, 3.05) is 7.05 Å². The maximum atomic E-state index is 11.1. The molecule has 0 aliphatic heterocycles. The van der Waals surface area contributed by atoms with E-state index < -0.39 is 5.38 Å². The average Bonchev–Trinajstić information content (AvgIpc) is 2.63. The molecule has 0 saturated carbocycles. The summed E-state index contributed by atoms with van der Waals surface area (Å²) < 4.78 is 1.73. The molecule has 1 N–H and O–H groups in total. The zero-order valence-corrected chi connectivity index (χ0v) is 8.38. The van der Waals surface area contributed by atoms with Crippen molar-refractivity contribution in [1.82, 2.24) is 15.1 Å². The number of aromatic nitrogens is 2. The van der Waals surface area contributed by atoms with Crippen LogP contribution in [0.3, 0.4) is 0 Å². The molecule has 1 aromatic heterocycles. The molecule has 1 aromatic rings. The van der Waals surface area contributed by atoms with Crippen molar-refractivity contribution in [2.24, 2.45) is 0 Å². The third-order valence-electron chi connectivity index (χ3n) is 1.75. The highest BCUT2D eigenvalue weighted by Gasteiger charge is 2.17. The van der Waals surface area contributed by atoms with Gasteiger partial charge in [-0.25, -0.2) is 0 Å². The van der Waals surface area contributed by atoms with Crippen LogP contribution < -0.4 is 5.32 Å². The molecular formula is C8H12ClN3O. The van der Waals surface area contributed by atoms with Crippen LogP contribution in [-0.2, 0) is 11.3 Å². The van der Waals surface area contributed by atoms with E-state index in [1.54, 1.807) is 24.1 Å². The molecular weight excluding hydrogens is 190 g/mol. The van der Waals surface area contributed by atoms with Crippen LogP contribution in [0.5, 0.6) is 0 Å². The van der Waals surface area contributed by atoms with Crippen LogP contribution in [0.25, 0.3) is 0 Å². The van der Waals surface area contributed by atoms with Gasteiger partial charge < -0.3 is 5.32 Å². The van der Waals surface area contributed by atoms with Gasteiger partial charge in [-0.3, -0.25) is 9.48 Å². The average molecular weight is 202 g/mol. The fourth-order valence-corrected chi connectivity index (χ4v) is 1.18. The minimum Gasteiger partial charge on any atom is -0.358 e. The maximum absolute atomic E-state index is 11.1. The lowest BCUT2D eigenvalue weighted by atomic mass is 10.2. The molecule has 1 unspecified atom stereocenters. The Kier molecular flexibility index (Phi) is 3.31. The summed E-state index contributed by atoms with van der Waals surface area (Å²) in [6, 6.07) is 0. The van der Waals surface area contributed by atoms with Crippen LogP contribution >= 0.6 is 11.6 Å². The highest BCUT2D eigenvalue weighted by molar-refractivity contribution is 6.30. The number of amides is 1. The molecule has 0 fully saturated rings. The number of halogens is 1. The Bertz CT molecular complexity index is 297. The van der Waals surface area contributed by atoms with Crippen LogP contribution in [0.2, 0.25) is 0 Å². The van der Waals surface area contributed by atoms with Gasteiger partial charge in [0.15, 0.2) is 0 Å². The minimum atomic E-state index is -0.648. The summed E-state index contributed by atoms with van der Waals surface area (Å²) in [6.45, 7) is 2.75. The standard InChI is InChI=1S/C8H12ClN3O/c1-3-12-5-6(4-11-12)7(9)8(13)10-2/h4-5,7H,3H2,1-2H3,(H,10,13). The van der Waals surface area contributed by atoms with Crippen molar-refractivity contribution in [1.29, 1.82) is 0 Å². The first kappa shape index (κ1) is 10.1. The van der Waals surface area contributed by atoms with E-state index in [4.69, 9.17) is 11.6 Å². The smallest absolute Gasteiger partial charge is 0.242 e. The molecule has 0 spiro atoms. The fraction of sp³-hybridized carbons (Fsp3) is 0.500. The van der Waals surface area contributed by atoms with Crippen LogP contribution in [0.15, 0.2) is 12.4 Å². The summed E-state index contributed by atoms with van der Waals surface area (Å²) in [5.41, 5.74) is 0.725. The van der Waals surface area contributed by atoms with E-state index in [2.05, 4.69) is 10.4 Å². The molecule has 4 nitrogen and oxygen atoms in total. The Morgan fingerprint density at radius 1 is 1.85 bits per heavy atom. The Morgan fingerprint density at radius 3 is 3.00 bits per heavy atom. The number of likely N-dealkylation sites (N-methyl/N-ethyl adjacent to an activating group) is 1. The lowest BCUT2D eigenvalue weighted by Gasteiger charge is -2.03. The lowest BCUT2D eigenvalue weighted by molar-refractivity contribution is -0.120. The third kappa shape index (κ3) is 2.21. The number of nitrogens with zero attached hydrogens (tertiary/aromatic N) is 2. The molecule has 1 amide bonds. The van der Waals surface area contributed by atoms with Gasteiger partial charge in [0.2, 0.25) is 5.91 Å². The Labute approximate surface area is 81.9 Å². The summed E-state index contributed by atoms with van der Waals surface area (Å²) in [6.07, 6.45) is 3.38. The second-order valence-corrected chi connectivity index (χ2v) is 3.04. The SMILES string of the molecule is CCn1cc(C(Cl)C(=O)NC)cn1. The van der Waals surface area contributed by atoms with E-state index in [-0.39, 0.29) is 5.91 Å². The number of hydrogen-bond donors (Lipinski definition) is 1. The fourth-order valence-electron chi connectivity index (χ4n) is 0.961. The van der Waals surface area contributed by atoms with Crippen molar-refractivity contribution in [2.45, 2.75) is 18.8 Å². The van der Waals surface area contributed by atoms with Crippen molar-refractivity contribution in [3.8, 4) is 0 Å². The molecule has 0 aromatic carbocycles. The van der Waals surface area contributed by atoms with Gasteiger partial charge in [0.05, 0.1) is 6.20 Å². The second kappa shape index (κ2) is 4.28. The van der Waals surface area contributed by atoms with Crippen LogP contribution in [0.1, 0.15) is 17.9 Å². The van der Waals surface area contributed by atoms with Crippen molar-refractivity contribution in [3.63, 3.8) is 0 Å². The van der Waals surface area contributed by atoms with E-state index in [9.17, 15) is 4.79 Å². The summed E-state index contributed by atoms with van der Waals surface area (Å²) in [5.74, 6) is -0.211. The van der Waals surface area contributed by atoms with Gasteiger partial charge >= 0.3 is 0 Å². The number of alkyl halides is 1. The van der Waals surface area contributed by atoms with Crippen LogP contribution in [0.4, 0.5) is 0 Å². The van der Waals surface area contributed by atoms with Gasteiger partial charge in [0, 0.05) is 25.4 Å². The van der Waals surface area contributed by atoms with E-state index in [0.29, 0.717) is 0 Å². The van der Waals surface area contributed by atoms with Crippen molar-refractivity contribution >= 4 is 17.5 Å². The molecule has 1 rings (SSSR count). The molecule has 0 saturated heterocycles. The summed E-state index contributed by atoms with van der Waals surface area (Å²) >= 11 is 5.86. The Morgan fingerprint density at radius 2 is 2.54 bits per heavy atom. The molecule has 0 radical (unpaired) electrons. The van der Waals surface area contributed by atoms with Gasteiger partial charge in [-0.05, 0) is 6.92 Å². The third-order valence-corrected chi connectivity index (χ3v) is 2.20. The number of hydrogen-bond acceptors (Lipinski definition) is 2. The summed E-state index contributed by atoms with van der Waals surface area (Å²) in [7, 11) is 1.56. The van der Waals surface area contributed by atoms with Gasteiger partial charge in [-0.2, -0.15) is 5.10 Å². The first-order valence-corrected chi connectivity index (χ1v) is 4.50. The predicted octanol–water partition coefficient (Wildman–Crippen LogP) is 0.929. The van der Waals surface area contributed by atoms with Crippen LogP contribution in [0, 0.1) is 0 Å². The van der Waals surface area contributed by atoms with E-state index in [1.165, 1.54) is 0 Å². The molecule has 1 heterocycles. The number of carbonyl (C=O) groups is 1. The normalized spacial score (nSPS) is 12.5. The largest absolute Gasteiger partial charge is 0.358 e. The zero-order chi connectivity index (χ0) is 9.84. The number of carbonyl (C=O) groups excluding carboxylic acids is 1. The summed E-state index contributed by atoms with van der Waals surface area (Å²) in [5, 5.41) is 5.86. The topological polar surface area (TPSA) is 46.9 Å². The summed E-state index contributed by atoms with van der Waals surface area (Å²) in [4.78, 5) is 11.1. The molecule has 0 bridgehead atoms. The molecule has 13 heavy (non-hydrogen) atoms. The number of nitrogens with one attached hydrogen (secondary N) is 1. The van der Waals surface area contributed by atoms with Gasteiger partial charge in [0.1, 0.15) is 5.38 Å². The highest BCUT2D eigenvalue weighted by atomic mass is 35.5. The minimum absolute atomic E-state index is 0.211. The zero-order valence-electron chi connectivity index (χ0n) is 7.62. The van der Waals surface area contributed by atoms with Gasteiger partial charge in [-0.1, -0.05) is 0 Å². The molecule has 0 aliphatic carbocycles. The van der Waals surface area contributed by atoms with E-state index in [1.807, 2.05) is 6.92 Å². The van der Waals surface area contributed by atoms with Crippen molar-refractivity contribution < 1.29 is 4.79 Å². The predicted molar refractivity (Wildman–Crippen MR) is 50.6 cm³/mol. The molecule has 1 atom stereocenters. The monoisotopic (exact) mass is 201 g/mol. The van der Waals surface area contributed by atoms with Gasteiger partial charge in [0.25, 0.3) is 0 Å². The van der Waals surface area contributed by atoms with Crippen molar-refractivity contribution in [3.05, 3.63) is 18.0 Å².